The molecule has 2 unspecified atom stereocenters. The van der Waals surface area contributed by atoms with Gasteiger partial charge in [-0.25, -0.2) is 9.97 Å². The smallest absolute Gasteiger partial charge is 0.227 e. The van der Waals surface area contributed by atoms with Crippen LogP contribution < -0.4 is 15.1 Å². The predicted octanol–water partition coefficient (Wildman–Crippen LogP) is 2.27. The third-order valence-electron chi connectivity index (χ3n) is 5.22. The van der Waals surface area contributed by atoms with Crippen molar-refractivity contribution < 1.29 is 9.59 Å². The summed E-state index contributed by atoms with van der Waals surface area (Å²) in [5.41, 5.74) is 0.734. The molecule has 2 fully saturated rings. The average Bonchev–Trinajstić information content (AvgIpc) is 3.11. The Labute approximate surface area is 168 Å². The highest BCUT2D eigenvalue weighted by atomic mass is 35.5. The van der Waals surface area contributed by atoms with Crippen LogP contribution in [0.15, 0.2) is 42.7 Å². The molecule has 28 heavy (non-hydrogen) atoms. The highest BCUT2D eigenvalue weighted by molar-refractivity contribution is 6.31. The molecule has 0 radical (unpaired) electrons. The van der Waals surface area contributed by atoms with Gasteiger partial charge in [0, 0.05) is 55.2 Å². The number of carbonyl (C=O) groups excluding carboxylic acids is 2. The van der Waals surface area contributed by atoms with Crippen molar-refractivity contribution in [3.8, 4) is 0 Å². The third kappa shape index (κ3) is 4.09. The van der Waals surface area contributed by atoms with Crippen LogP contribution in [0.2, 0.25) is 5.02 Å². The Morgan fingerprint density at radius 3 is 2.79 bits per heavy atom. The summed E-state index contributed by atoms with van der Waals surface area (Å²) in [5.74, 6) is 0.212. The Bertz CT molecular complexity index is 863. The van der Waals surface area contributed by atoms with E-state index in [0.717, 1.165) is 25.1 Å². The molecule has 0 bridgehead atoms. The summed E-state index contributed by atoms with van der Waals surface area (Å²) in [7, 11) is 0. The molecule has 1 aromatic carbocycles. The van der Waals surface area contributed by atoms with E-state index in [2.05, 4.69) is 20.2 Å². The van der Waals surface area contributed by atoms with Crippen LogP contribution in [0.1, 0.15) is 19.3 Å². The van der Waals surface area contributed by atoms with Crippen molar-refractivity contribution in [1.29, 1.82) is 0 Å². The van der Waals surface area contributed by atoms with Gasteiger partial charge in [0.05, 0.1) is 5.92 Å². The highest BCUT2D eigenvalue weighted by Crippen LogP contribution is 2.27. The van der Waals surface area contributed by atoms with Gasteiger partial charge in [0.1, 0.15) is 0 Å². The van der Waals surface area contributed by atoms with E-state index in [1.165, 1.54) is 0 Å². The van der Waals surface area contributed by atoms with Crippen molar-refractivity contribution in [3.05, 3.63) is 47.7 Å². The second-order valence-electron chi connectivity index (χ2n) is 7.23. The number of hydrogen-bond acceptors (Lipinski definition) is 5. The van der Waals surface area contributed by atoms with Gasteiger partial charge >= 0.3 is 0 Å². The first-order valence-corrected chi connectivity index (χ1v) is 9.86. The van der Waals surface area contributed by atoms with E-state index in [1.54, 1.807) is 41.6 Å². The Kier molecular flexibility index (Phi) is 5.43. The van der Waals surface area contributed by atoms with Crippen LogP contribution in [0.25, 0.3) is 0 Å². The largest absolute Gasteiger partial charge is 0.351 e. The second-order valence-corrected chi connectivity index (χ2v) is 7.66. The molecule has 0 spiro atoms. The van der Waals surface area contributed by atoms with Crippen molar-refractivity contribution in [2.24, 2.45) is 5.92 Å². The zero-order valence-electron chi connectivity index (χ0n) is 15.4. The van der Waals surface area contributed by atoms with Crippen LogP contribution in [0, 0.1) is 5.92 Å². The van der Waals surface area contributed by atoms with Crippen LogP contribution in [0.4, 0.5) is 11.6 Å². The van der Waals surface area contributed by atoms with Gasteiger partial charge in [0.2, 0.25) is 17.8 Å². The van der Waals surface area contributed by atoms with Crippen LogP contribution in [0.3, 0.4) is 0 Å². The van der Waals surface area contributed by atoms with Gasteiger partial charge < -0.3 is 15.1 Å². The van der Waals surface area contributed by atoms with Gasteiger partial charge in [-0.15, -0.1) is 0 Å². The summed E-state index contributed by atoms with van der Waals surface area (Å²) in [5, 5.41) is 3.70. The maximum absolute atomic E-state index is 12.8. The highest BCUT2D eigenvalue weighted by Gasteiger charge is 2.36. The minimum Gasteiger partial charge on any atom is -0.351 e. The first kappa shape index (κ1) is 18.7. The Balaban J connectivity index is 1.37. The normalized spacial score (nSPS) is 22.4. The fourth-order valence-electron chi connectivity index (χ4n) is 3.83. The summed E-state index contributed by atoms with van der Waals surface area (Å²) in [6.45, 7) is 1.93. The molecule has 2 aromatic rings. The molecule has 1 aromatic heterocycles. The number of benzene rings is 1. The van der Waals surface area contributed by atoms with Gasteiger partial charge in [-0.2, -0.15) is 0 Å². The number of anilines is 2. The SMILES string of the molecule is O=C(NC1CCCN(c2ncccn2)C1)C1CC(=O)N(c2cccc(Cl)c2)C1. The summed E-state index contributed by atoms with van der Waals surface area (Å²) in [6, 6.07) is 8.97. The minimum absolute atomic E-state index is 0.0281. The number of hydrogen-bond donors (Lipinski definition) is 1. The molecular formula is C20H22ClN5O2. The maximum atomic E-state index is 12.8. The van der Waals surface area contributed by atoms with Gasteiger partial charge in [-0.1, -0.05) is 17.7 Å². The number of piperidine rings is 1. The van der Waals surface area contributed by atoms with Crippen LogP contribution in [-0.4, -0.2) is 47.5 Å². The Hall–Kier alpha value is -2.67. The van der Waals surface area contributed by atoms with Crippen molar-refractivity contribution in [1.82, 2.24) is 15.3 Å². The zero-order valence-corrected chi connectivity index (χ0v) is 16.2. The van der Waals surface area contributed by atoms with Crippen molar-refractivity contribution in [2.75, 3.05) is 29.4 Å². The fourth-order valence-corrected chi connectivity index (χ4v) is 4.01. The summed E-state index contributed by atoms with van der Waals surface area (Å²) in [6.07, 6.45) is 5.53. The molecule has 7 nitrogen and oxygen atoms in total. The van der Waals surface area contributed by atoms with Crippen molar-refractivity contribution >= 4 is 35.1 Å². The molecule has 0 aliphatic carbocycles. The average molecular weight is 400 g/mol. The molecule has 1 N–H and O–H groups in total. The number of rotatable bonds is 4. The molecule has 2 amide bonds. The van der Waals surface area contributed by atoms with Crippen LogP contribution in [0.5, 0.6) is 0 Å². The molecule has 8 heteroatoms. The lowest BCUT2D eigenvalue weighted by Gasteiger charge is -2.33. The fraction of sp³-hybridized carbons (Fsp3) is 0.400. The third-order valence-corrected chi connectivity index (χ3v) is 5.45. The Morgan fingerprint density at radius 2 is 2.00 bits per heavy atom. The molecule has 4 rings (SSSR count). The maximum Gasteiger partial charge on any atom is 0.227 e. The second kappa shape index (κ2) is 8.14. The van der Waals surface area contributed by atoms with Crippen LogP contribution >= 0.6 is 11.6 Å². The predicted molar refractivity (Wildman–Crippen MR) is 107 cm³/mol. The topological polar surface area (TPSA) is 78.4 Å². The van der Waals surface area contributed by atoms with Gasteiger partial charge in [-0.3, -0.25) is 9.59 Å². The minimum atomic E-state index is -0.352. The molecular weight excluding hydrogens is 378 g/mol. The summed E-state index contributed by atoms with van der Waals surface area (Å²) < 4.78 is 0. The van der Waals surface area contributed by atoms with E-state index < -0.39 is 0 Å². The lowest BCUT2D eigenvalue weighted by molar-refractivity contribution is -0.127. The van der Waals surface area contributed by atoms with Gasteiger partial charge in [0.15, 0.2) is 0 Å². The Morgan fingerprint density at radius 1 is 1.18 bits per heavy atom. The molecule has 0 saturated carbocycles. The van der Waals surface area contributed by atoms with E-state index in [9.17, 15) is 9.59 Å². The molecule has 2 aliphatic rings. The van der Waals surface area contributed by atoms with E-state index in [1.807, 2.05) is 6.07 Å². The van der Waals surface area contributed by atoms with Gasteiger partial charge in [-0.05, 0) is 37.1 Å². The number of halogens is 1. The quantitative estimate of drug-likeness (QED) is 0.853. The van der Waals surface area contributed by atoms with Crippen molar-refractivity contribution in [3.63, 3.8) is 0 Å². The lowest BCUT2D eigenvalue weighted by atomic mass is 10.0. The molecule has 2 atom stereocenters. The van der Waals surface area contributed by atoms with E-state index in [0.29, 0.717) is 24.1 Å². The van der Waals surface area contributed by atoms with E-state index >= 15 is 0 Å². The van der Waals surface area contributed by atoms with E-state index in [-0.39, 0.29) is 30.2 Å². The van der Waals surface area contributed by atoms with Gasteiger partial charge in [0.25, 0.3) is 0 Å². The number of nitrogens with zero attached hydrogens (tertiary/aromatic N) is 4. The molecule has 3 heterocycles. The molecule has 146 valence electrons. The zero-order chi connectivity index (χ0) is 19.5. The van der Waals surface area contributed by atoms with Crippen molar-refractivity contribution in [2.45, 2.75) is 25.3 Å². The number of carbonyl (C=O) groups is 2. The number of amides is 2. The van der Waals surface area contributed by atoms with E-state index in [4.69, 9.17) is 11.6 Å². The summed E-state index contributed by atoms with van der Waals surface area (Å²) >= 11 is 6.03. The molecule has 2 aliphatic heterocycles. The number of aromatic nitrogens is 2. The molecule has 2 saturated heterocycles. The lowest BCUT2D eigenvalue weighted by Crippen LogP contribution is -2.50. The monoisotopic (exact) mass is 399 g/mol. The first-order valence-electron chi connectivity index (χ1n) is 9.48. The first-order chi connectivity index (χ1) is 13.6. The van der Waals surface area contributed by atoms with Crippen LogP contribution in [-0.2, 0) is 9.59 Å². The number of nitrogens with one attached hydrogen (secondary N) is 1. The standard InChI is InChI=1S/C20H22ClN5O2/c21-15-4-1-6-17(11-15)26-12-14(10-18(26)27)19(28)24-16-5-2-9-25(13-16)20-22-7-3-8-23-20/h1,3-4,6-8,11,14,16H,2,5,9-10,12-13H2,(H,24,28). The summed E-state index contributed by atoms with van der Waals surface area (Å²) in [4.78, 5) is 37.5.